The van der Waals surface area contributed by atoms with E-state index in [-0.39, 0.29) is 5.91 Å². The quantitative estimate of drug-likeness (QED) is 0.580. The van der Waals surface area contributed by atoms with E-state index in [4.69, 9.17) is 14.7 Å². The standard InChI is InChI=1S/C13H22N2O3/c1-3-17-9-7-15(8-10-18-4-2)12(16)13(11-14)5-6-13/h3-10H2,1-2H3. The Bertz CT molecular complexity index is 298. The van der Waals surface area contributed by atoms with Gasteiger partial charge in [0.25, 0.3) is 0 Å². The number of nitriles is 1. The summed E-state index contributed by atoms with van der Waals surface area (Å²) in [6.07, 6.45) is 1.37. The third-order valence-electron chi connectivity index (χ3n) is 3.08. The lowest BCUT2D eigenvalue weighted by molar-refractivity contribution is -0.136. The molecule has 1 saturated carbocycles. The normalized spacial score (nSPS) is 16.1. The zero-order chi connectivity index (χ0) is 13.4. The topological polar surface area (TPSA) is 62.6 Å². The highest BCUT2D eigenvalue weighted by Gasteiger charge is 2.52. The van der Waals surface area contributed by atoms with Crippen LogP contribution in [0.25, 0.3) is 0 Å². The fraction of sp³-hybridized carbons (Fsp3) is 0.846. The molecule has 5 nitrogen and oxygen atoms in total. The Kier molecular flexibility index (Phi) is 6.10. The lowest BCUT2D eigenvalue weighted by Crippen LogP contribution is -2.41. The van der Waals surface area contributed by atoms with Crippen molar-refractivity contribution in [2.75, 3.05) is 39.5 Å². The lowest BCUT2D eigenvalue weighted by Gasteiger charge is -2.24. The SMILES string of the molecule is CCOCCN(CCOCC)C(=O)C1(C#N)CC1. The van der Waals surface area contributed by atoms with Crippen LogP contribution in [0.2, 0.25) is 0 Å². The first-order valence-electron chi connectivity index (χ1n) is 6.56. The number of ether oxygens (including phenoxy) is 2. The summed E-state index contributed by atoms with van der Waals surface area (Å²) < 4.78 is 10.5. The highest BCUT2D eigenvalue weighted by atomic mass is 16.5. The summed E-state index contributed by atoms with van der Waals surface area (Å²) in [6.45, 7) is 7.19. The average Bonchev–Trinajstić information content (AvgIpc) is 3.17. The van der Waals surface area contributed by atoms with E-state index >= 15 is 0 Å². The molecular weight excluding hydrogens is 232 g/mol. The maximum absolute atomic E-state index is 12.2. The molecule has 0 unspecified atom stereocenters. The van der Waals surface area contributed by atoms with Crippen LogP contribution < -0.4 is 0 Å². The summed E-state index contributed by atoms with van der Waals surface area (Å²) in [6, 6.07) is 2.14. The molecule has 0 heterocycles. The summed E-state index contributed by atoms with van der Waals surface area (Å²) in [5.74, 6) is -0.0654. The van der Waals surface area contributed by atoms with Crippen LogP contribution in [0.1, 0.15) is 26.7 Å². The molecule has 0 aromatic carbocycles. The van der Waals surface area contributed by atoms with Gasteiger partial charge in [0.2, 0.25) is 5.91 Å². The fourth-order valence-electron chi connectivity index (χ4n) is 1.75. The van der Waals surface area contributed by atoms with E-state index in [2.05, 4.69) is 6.07 Å². The summed E-state index contributed by atoms with van der Waals surface area (Å²) in [7, 11) is 0. The van der Waals surface area contributed by atoms with Crippen molar-refractivity contribution in [1.29, 1.82) is 5.26 Å². The highest BCUT2D eigenvalue weighted by Crippen LogP contribution is 2.46. The number of hydrogen-bond acceptors (Lipinski definition) is 4. The summed E-state index contributed by atoms with van der Waals surface area (Å²) in [5, 5.41) is 9.06. The Morgan fingerprint density at radius 2 is 1.72 bits per heavy atom. The molecule has 1 amide bonds. The van der Waals surface area contributed by atoms with Gasteiger partial charge in [0.05, 0.1) is 19.3 Å². The van der Waals surface area contributed by atoms with E-state index in [1.54, 1.807) is 4.90 Å². The first-order chi connectivity index (χ1) is 8.70. The second-order valence-electron chi connectivity index (χ2n) is 4.38. The second kappa shape index (κ2) is 7.34. The molecule has 0 N–H and O–H groups in total. The van der Waals surface area contributed by atoms with Gasteiger partial charge in [0, 0.05) is 26.3 Å². The Hall–Kier alpha value is -1.12. The zero-order valence-electron chi connectivity index (χ0n) is 11.3. The molecule has 102 valence electrons. The predicted molar refractivity (Wildman–Crippen MR) is 66.8 cm³/mol. The molecule has 0 radical (unpaired) electrons. The number of nitrogens with zero attached hydrogens (tertiary/aromatic N) is 2. The molecule has 0 aromatic heterocycles. The van der Waals surface area contributed by atoms with Crippen LogP contribution in [0.15, 0.2) is 0 Å². The maximum atomic E-state index is 12.2. The number of hydrogen-bond donors (Lipinski definition) is 0. The molecule has 1 rings (SSSR count). The van der Waals surface area contributed by atoms with Crippen molar-refractivity contribution in [2.24, 2.45) is 5.41 Å². The molecule has 1 aliphatic carbocycles. The van der Waals surface area contributed by atoms with E-state index in [0.29, 0.717) is 52.4 Å². The van der Waals surface area contributed by atoms with Crippen LogP contribution in [0.4, 0.5) is 0 Å². The largest absolute Gasteiger partial charge is 0.380 e. The van der Waals surface area contributed by atoms with Crippen LogP contribution in [0.3, 0.4) is 0 Å². The van der Waals surface area contributed by atoms with E-state index in [1.807, 2.05) is 13.8 Å². The van der Waals surface area contributed by atoms with Crippen LogP contribution in [-0.2, 0) is 14.3 Å². The Morgan fingerprint density at radius 1 is 1.22 bits per heavy atom. The third kappa shape index (κ3) is 3.97. The molecule has 18 heavy (non-hydrogen) atoms. The summed E-state index contributed by atoms with van der Waals surface area (Å²) >= 11 is 0. The van der Waals surface area contributed by atoms with Crippen molar-refractivity contribution in [2.45, 2.75) is 26.7 Å². The van der Waals surface area contributed by atoms with Gasteiger partial charge in [0.1, 0.15) is 5.41 Å². The van der Waals surface area contributed by atoms with Crippen molar-refractivity contribution < 1.29 is 14.3 Å². The molecule has 5 heteroatoms. The van der Waals surface area contributed by atoms with E-state index in [0.717, 1.165) is 0 Å². The molecule has 1 fully saturated rings. The zero-order valence-corrected chi connectivity index (χ0v) is 11.3. The van der Waals surface area contributed by atoms with Crippen molar-refractivity contribution >= 4 is 5.91 Å². The average molecular weight is 254 g/mol. The van der Waals surface area contributed by atoms with Gasteiger partial charge in [-0.1, -0.05) is 0 Å². The Balaban J connectivity index is 2.48. The fourth-order valence-corrected chi connectivity index (χ4v) is 1.75. The minimum Gasteiger partial charge on any atom is -0.380 e. The Labute approximate surface area is 109 Å². The van der Waals surface area contributed by atoms with Crippen molar-refractivity contribution in [3.63, 3.8) is 0 Å². The molecule has 1 aliphatic rings. The molecule has 0 spiro atoms. The van der Waals surface area contributed by atoms with Crippen LogP contribution >= 0.6 is 0 Å². The first-order valence-corrected chi connectivity index (χ1v) is 6.56. The Morgan fingerprint density at radius 3 is 2.06 bits per heavy atom. The molecule has 0 saturated heterocycles. The number of amides is 1. The van der Waals surface area contributed by atoms with Gasteiger partial charge in [-0.2, -0.15) is 5.26 Å². The highest BCUT2D eigenvalue weighted by molar-refractivity contribution is 5.88. The van der Waals surface area contributed by atoms with E-state index in [1.165, 1.54) is 0 Å². The van der Waals surface area contributed by atoms with Gasteiger partial charge in [-0.05, 0) is 26.7 Å². The smallest absolute Gasteiger partial charge is 0.243 e. The monoisotopic (exact) mass is 254 g/mol. The number of carbonyl (C=O) groups excluding carboxylic acids is 1. The molecular formula is C13H22N2O3. The third-order valence-corrected chi connectivity index (χ3v) is 3.08. The number of carbonyl (C=O) groups is 1. The molecule has 0 bridgehead atoms. The van der Waals surface area contributed by atoms with Gasteiger partial charge in [-0.25, -0.2) is 0 Å². The minimum absolute atomic E-state index is 0.0654. The van der Waals surface area contributed by atoms with Crippen LogP contribution in [0.5, 0.6) is 0 Å². The van der Waals surface area contributed by atoms with Gasteiger partial charge in [-0.3, -0.25) is 4.79 Å². The number of rotatable bonds is 9. The first kappa shape index (κ1) is 14.9. The molecule has 0 aliphatic heterocycles. The lowest BCUT2D eigenvalue weighted by atomic mass is 10.1. The van der Waals surface area contributed by atoms with Gasteiger partial charge in [0.15, 0.2) is 0 Å². The van der Waals surface area contributed by atoms with Crippen LogP contribution in [-0.4, -0.2) is 50.3 Å². The van der Waals surface area contributed by atoms with Gasteiger partial charge < -0.3 is 14.4 Å². The van der Waals surface area contributed by atoms with Crippen molar-refractivity contribution in [3.05, 3.63) is 0 Å². The second-order valence-corrected chi connectivity index (χ2v) is 4.38. The summed E-state index contributed by atoms with van der Waals surface area (Å²) in [5.41, 5.74) is -0.752. The van der Waals surface area contributed by atoms with Crippen molar-refractivity contribution in [3.8, 4) is 6.07 Å². The van der Waals surface area contributed by atoms with Crippen LogP contribution in [0, 0.1) is 16.7 Å². The van der Waals surface area contributed by atoms with Gasteiger partial charge in [-0.15, -0.1) is 0 Å². The van der Waals surface area contributed by atoms with Gasteiger partial charge >= 0.3 is 0 Å². The summed E-state index contributed by atoms with van der Waals surface area (Å²) in [4.78, 5) is 13.9. The predicted octanol–water partition coefficient (Wildman–Crippen LogP) is 1.19. The minimum atomic E-state index is -0.752. The molecule has 0 aromatic rings. The van der Waals surface area contributed by atoms with E-state index in [9.17, 15) is 4.79 Å². The van der Waals surface area contributed by atoms with Crippen molar-refractivity contribution in [1.82, 2.24) is 4.90 Å². The molecule has 0 atom stereocenters. The maximum Gasteiger partial charge on any atom is 0.243 e. The van der Waals surface area contributed by atoms with E-state index < -0.39 is 5.41 Å².